The lowest BCUT2D eigenvalue weighted by molar-refractivity contribution is -0.115. The molecule has 1 aliphatic rings. The molecule has 2 amide bonds. The first-order valence-corrected chi connectivity index (χ1v) is 11.2. The lowest BCUT2D eigenvalue weighted by atomic mass is 9.96. The second-order valence-electron chi connectivity index (χ2n) is 8.45. The number of likely N-dealkylation sites (tertiary alicyclic amines) is 1. The molecule has 1 aliphatic heterocycles. The van der Waals surface area contributed by atoms with Crippen LogP contribution in [0.25, 0.3) is 11.4 Å². The third-order valence-corrected chi connectivity index (χ3v) is 5.91. The Bertz CT molecular complexity index is 1130. The Morgan fingerprint density at radius 3 is 2.61 bits per heavy atom. The summed E-state index contributed by atoms with van der Waals surface area (Å²) in [7, 11) is 3.93. The summed E-state index contributed by atoms with van der Waals surface area (Å²) >= 11 is 0. The average Bonchev–Trinajstić information content (AvgIpc) is 3.34. The van der Waals surface area contributed by atoms with Crippen molar-refractivity contribution >= 4 is 23.2 Å². The molecule has 0 atom stereocenters. The topological polar surface area (TPSA) is 91.6 Å². The van der Waals surface area contributed by atoms with E-state index < -0.39 is 0 Å². The van der Waals surface area contributed by atoms with Gasteiger partial charge >= 0.3 is 0 Å². The molecule has 3 aromatic rings. The van der Waals surface area contributed by atoms with Gasteiger partial charge < -0.3 is 19.6 Å². The summed E-state index contributed by atoms with van der Waals surface area (Å²) in [5.74, 6) is 1.21. The van der Waals surface area contributed by atoms with Crippen LogP contribution < -0.4 is 10.2 Å². The van der Waals surface area contributed by atoms with E-state index in [1.165, 1.54) is 0 Å². The molecule has 1 N–H and O–H groups in total. The molecule has 8 nitrogen and oxygen atoms in total. The number of nitrogens with zero attached hydrogens (tertiary/aromatic N) is 4. The Hall–Kier alpha value is -3.68. The zero-order chi connectivity index (χ0) is 23.4. The number of aromatic nitrogens is 2. The predicted molar refractivity (Wildman–Crippen MR) is 127 cm³/mol. The monoisotopic (exact) mass is 447 g/mol. The van der Waals surface area contributed by atoms with E-state index in [0.717, 1.165) is 24.1 Å². The first kappa shape index (κ1) is 22.5. The molecule has 8 heteroatoms. The van der Waals surface area contributed by atoms with Crippen molar-refractivity contribution in [3.8, 4) is 11.4 Å². The molecule has 0 bridgehead atoms. The zero-order valence-electron chi connectivity index (χ0n) is 19.2. The van der Waals surface area contributed by atoms with Gasteiger partial charge in [0, 0.05) is 62.0 Å². The van der Waals surface area contributed by atoms with Crippen molar-refractivity contribution < 1.29 is 14.1 Å². The first-order chi connectivity index (χ1) is 15.9. The fraction of sp³-hybridized carbons (Fsp3) is 0.360. The molecule has 4 rings (SSSR count). The Morgan fingerprint density at radius 2 is 1.88 bits per heavy atom. The molecule has 0 aliphatic carbocycles. The van der Waals surface area contributed by atoms with Crippen molar-refractivity contribution in [2.45, 2.75) is 32.1 Å². The maximum atomic E-state index is 13.0. The van der Waals surface area contributed by atoms with Crippen LogP contribution in [0.1, 0.15) is 48.4 Å². The third-order valence-electron chi connectivity index (χ3n) is 5.91. The van der Waals surface area contributed by atoms with Gasteiger partial charge in [-0.2, -0.15) is 4.98 Å². The van der Waals surface area contributed by atoms with Gasteiger partial charge in [0.25, 0.3) is 5.91 Å². The Labute approximate surface area is 193 Å². The van der Waals surface area contributed by atoms with E-state index in [-0.39, 0.29) is 17.7 Å². The van der Waals surface area contributed by atoms with Crippen LogP contribution in [0.4, 0.5) is 11.4 Å². The molecule has 2 aromatic carbocycles. The van der Waals surface area contributed by atoms with Gasteiger partial charge in [-0.15, -0.1) is 0 Å². The largest absolute Gasteiger partial charge is 0.378 e. The van der Waals surface area contributed by atoms with E-state index in [2.05, 4.69) is 15.5 Å². The number of anilines is 2. The SMILES string of the molecule is CCC(=O)Nc1cccc(-c2noc(C3CCN(C(=O)c4cccc(N(C)C)c4)CC3)n2)c1. The van der Waals surface area contributed by atoms with E-state index in [1.807, 2.05) is 79.3 Å². The van der Waals surface area contributed by atoms with Crippen molar-refractivity contribution in [1.82, 2.24) is 15.0 Å². The molecular weight excluding hydrogens is 418 g/mol. The Kier molecular flexibility index (Phi) is 6.72. The van der Waals surface area contributed by atoms with Crippen molar-refractivity contribution in [2.75, 3.05) is 37.4 Å². The minimum absolute atomic E-state index is 0.0456. The van der Waals surface area contributed by atoms with Crippen molar-refractivity contribution in [3.05, 3.63) is 60.0 Å². The molecule has 1 saturated heterocycles. The summed E-state index contributed by atoms with van der Waals surface area (Å²) < 4.78 is 5.57. The van der Waals surface area contributed by atoms with Crippen molar-refractivity contribution in [2.24, 2.45) is 0 Å². The third kappa shape index (κ3) is 5.22. The number of benzene rings is 2. The number of piperidine rings is 1. The van der Waals surface area contributed by atoms with Gasteiger partial charge in [0.05, 0.1) is 0 Å². The van der Waals surface area contributed by atoms with E-state index in [1.54, 1.807) is 0 Å². The predicted octanol–water partition coefficient (Wildman–Crippen LogP) is 4.17. The number of amides is 2. The molecular formula is C25H29N5O3. The van der Waals surface area contributed by atoms with Gasteiger partial charge in [-0.05, 0) is 43.2 Å². The lowest BCUT2D eigenvalue weighted by Crippen LogP contribution is -2.38. The van der Waals surface area contributed by atoms with Crippen molar-refractivity contribution in [1.29, 1.82) is 0 Å². The minimum atomic E-state index is -0.0456. The summed E-state index contributed by atoms with van der Waals surface area (Å²) in [6.45, 7) is 3.10. The molecule has 0 saturated carbocycles. The molecule has 0 spiro atoms. The molecule has 1 aromatic heterocycles. The highest BCUT2D eigenvalue weighted by molar-refractivity contribution is 5.95. The van der Waals surface area contributed by atoms with Crippen LogP contribution in [0, 0.1) is 0 Å². The Balaban J connectivity index is 1.39. The fourth-order valence-electron chi connectivity index (χ4n) is 3.93. The number of hydrogen-bond donors (Lipinski definition) is 1. The van der Waals surface area contributed by atoms with Gasteiger partial charge in [0.15, 0.2) is 0 Å². The first-order valence-electron chi connectivity index (χ1n) is 11.2. The number of hydrogen-bond acceptors (Lipinski definition) is 6. The van der Waals surface area contributed by atoms with Crippen LogP contribution in [0.5, 0.6) is 0 Å². The quantitative estimate of drug-likeness (QED) is 0.610. The second kappa shape index (κ2) is 9.85. The van der Waals surface area contributed by atoms with E-state index in [0.29, 0.717) is 42.5 Å². The number of carbonyl (C=O) groups excluding carboxylic acids is 2. The zero-order valence-corrected chi connectivity index (χ0v) is 19.2. The average molecular weight is 448 g/mol. The van der Waals surface area contributed by atoms with Crippen LogP contribution in [0.3, 0.4) is 0 Å². The standard InChI is InChI=1S/C25H29N5O3/c1-4-22(31)26-20-9-5-7-18(15-20)23-27-24(33-28-23)17-11-13-30(14-12-17)25(32)19-8-6-10-21(16-19)29(2)3/h5-10,15-17H,4,11-14H2,1-3H3,(H,26,31). The van der Waals surface area contributed by atoms with Crippen LogP contribution in [0.2, 0.25) is 0 Å². The maximum Gasteiger partial charge on any atom is 0.253 e. The maximum absolute atomic E-state index is 13.0. The van der Waals surface area contributed by atoms with Gasteiger partial charge in [-0.25, -0.2) is 0 Å². The number of carbonyl (C=O) groups is 2. The van der Waals surface area contributed by atoms with Crippen LogP contribution in [-0.4, -0.2) is 54.0 Å². The molecule has 2 heterocycles. The van der Waals surface area contributed by atoms with Gasteiger partial charge in [-0.1, -0.05) is 30.3 Å². The van der Waals surface area contributed by atoms with E-state index in [9.17, 15) is 9.59 Å². The molecule has 33 heavy (non-hydrogen) atoms. The molecule has 0 unspecified atom stereocenters. The second-order valence-corrected chi connectivity index (χ2v) is 8.45. The van der Waals surface area contributed by atoms with Gasteiger partial charge in [0.1, 0.15) is 0 Å². The van der Waals surface area contributed by atoms with Gasteiger partial charge in [-0.3, -0.25) is 9.59 Å². The highest BCUT2D eigenvalue weighted by Gasteiger charge is 2.28. The highest BCUT2D eigenvalue weighted by Crippen LogP contribution is 2.30. The summed E-state index contributed by atoms with van der Waals surface area (Å²) in [6, 6.07) is 15.1. The lowest BCUT2D eigenvalue weighted by Gasteiger charge is -2.30. The van der Waals surface area contributed by atoms with Gasteiger partial charge in [0.2, 0.25) is 17.6 Å². The normalized spacial score (nSPS) is 14.2. The Morgan fingerprint density at radius 1 is 1.12 bits per heavy atom. The van der Waals surface area contributed by atoms with E-state index >= 15 is 0 Å². The molecule has 172 valence electrons. The van der Waals surface area contributed by atoms with Crippen LogP contribution >= 0.6 is 0 Å². The summed E-state index contributed by atoms with van der Waals surface area (Å²) in [6.07, 6.45) is 1.96. The van der Waals surface area contributed by atoms with E-state index in [4.69, 9.17) is 4.52 Å². The fourth-order valence-corrected chi connectivity index (χ4v) is 3.93. The number of nitrogens with one attached hydrogen (secondary N) is 1. The minimum Gasteiger partial charge on any atom is -0.378 e. The molecule has 0 radical (unpaired) electrons. The van der Waals surface area contributed by atoms with Crippen LogP contribution in [0.15, 0.2) is 53.1 Å². The van der Waals surface area contributed by atoms with Crippen LogP contribution in [-0.2, 0) is 4.79 Å². The number of rotatable bonds is 6. The summed E-state index contributed by atoms with van der Waals surface area (Å²) in [5.41, 5.74) is 3.20. The van der Waals surface area contributed by atoms with Crippen molar-refractivity contribution in [3.63, 3.8) is 0 Å². The highest BCUT2D eigenvalue weighted by atomic mass is 16.5. The summed E-state index contributed by atoms with van der Waals surface area (Å²) in [5, 5.41) is 6.99. The molecule has 1 fully saturated rings. The summed E-state index contributed by atoms with van der Waals surface area (Å²) in [4.78, 5) is 33.1. The smallest absolute Gasteiger partial charge is 0.253 e.